The molecule has 1 aromatic carbocycles. The molecule has 0 unspecified atom stereocenters. The fraction of sp³-hybridized carbons (Fsp3) is 0.455. The third-order valence-corrected chi connectivity index (χ3v) is 7.32. The van der Waals surface area contributed by atoms with Gasteiger partial charge in [-0.05, 0) is 64.7 Å². The molecule has 5 heteroatoms. The molecule has 5 rings (SSSR count). The first kappa shape index (κ1) is 17.1. The van der Waals surface area contributed by atoms with E-state index < -0.39 is 0 Å². The van der Waals surface area contributed by atoms with Crippen LogP contribution in [0.1, 0.15) is 41.3 Å². The summed E-state index contributed by atoms with van der Waals surface area (Å²) in [5.41, 5.74) is 3.74. The summed E-state index contributed by atoms with van der Waals surface area (Å²) in [6.45, 7) is 4.16. The van der Waals surface area contributed by atoms with E-state index in [1.165, 1.54) is 22.4 Å². The predicted molar refractivity (Wildman–Crippen MR) is 112 cm³/mol. The summed E-state index contributed by atoms with van der Waals surface area (Å²) in [5.74, 6) is 0.849. The molecule has 0 saturated carbocycles. The number of piperidine rings is 1. The highest BCUT2D eigenvalue weighted by Crippen LogP contribution is 2.37. The first-order chi connectivity index (χ1) is 13.1. The van der Waals surface area contributed by atoms with E-state index >= 15 is 0 Å². The van der Waals surface area contributed by atoms with Gasteiger partial charge >= 0.3 is 0 Å². The van der Waals surface area contributed by atoms with Crippen molar-refractivity contribution in [2.24, 2.45) is 0 Å². The Morgan fingerprint density at radius 2 is 1.85 bits per heavy atom. The Morgan fingerprint density at radius 1 is 1.11 bits per heavy atom. The lowest BCUT2D eigenvalue weighted by Gasteiger charge is -2.31. The molecule has 27 heavy (non-hydrogen) atoms. The molecule has 0 radical (unpaired) electrons. The lowest BCUT2D eigenvalue weighted by Crippen LogP contribution is -2.36. The molecule has 1 saturated heterocycles. The average Bonchev–Trinajstić information content (AvgIpc) is 3.24. The van der Waals surface area contributed by atoms with Gasteiger partial charge in [-0.15, -0.1) is 11.3 Å². The van der Waals surface area contributed by atoms with Crippen LogP contribution in [0.25, 0.3) is 21.6 Å². The zero-order valence-corrected chi connectivity index (χ0v) is 16.8. The number of nitrogens with zero attached hydrogens (tertiary/aromatic N) is 3. The summed E-state index contributed by atoms with van der Waals surface area (Å²) in [6.07, 6.45) is 5.32. The van der Waals surface area contributed by atoms with Gasteiger partial charge in [0.05, 0.1) is 5.39 Å². The molecule has 0 bridgehead atoms. The standard InChI is InChI=1S/C22H25N3OS/c1-14-6-8-15(9-7-14)20-23-21-19(17-4-3-5-18(17)27-21)22(26)25(20)16-10-12-24(2)13-11-16/h6-9,16H,3-5,10-13H2,1-2H3. The highest BCUT2D eigenvalue weighted by atomic mass is 32.1. The third kappa shape index (κ3) is 2.84. The van der Waals surface area contributed by atoms with Gasteiger partial charge in [0.25, 0.3) is 5.56 Å². The molecule has 0 atom stereocenters. The number of hydrogen-bond donors (Lipinski definition) is 0. The molecule has 1 aliphatic carbocycles. The molecular weight excluding hydrogens is 354 g/mol. The fourth-order valence-electron chi connectivity index (χ4n) is 4.55. The van der Waals surface area contributed by atoms with Gasteiger partial charge in [0, 0.05) is 16.5 Å². The SMILES string of the molecule is Cc1ccc(-c2nc3sc4c(c3c(=O)n2C2CCN(C)CC2)CCC4)cc1. The maximum Gasteiger partial charge on any atom is 0.263 e. The maximum atomic E-state index is 13.7. The molecule has 4 nitrogen and oxygen atoms in total. The Kier molecular flexibility index (Phi) is 4.17. The van der Waals surface area contributed by atoms with E-state index in [1.807, 2.05) is 4.57 Å². The van der Waals surface area contributed by atoms with Gasteiger partial charge in [-0.1, -0.05) is 29.8 Å². The summed E-state index contributed by atoms with van der Waals surface area (Å²) in [4.78, 5) is 23.4. The molecule has 140 valence electrons. The van der Waals surface area contributed by atoms with Crippen molar-refractivity contribution < 1.29 is 0 Å². The summed E-state index contributed by atoms with van der Waals surface area (Å²) < 4.78 is 2.03. The first-order valence-corrected chi connectivity index (χ1v) is 10.8. The van der Waals surface area contributed by atoms with Crippen molar-refractivity contribution in [2.45, 2.75) is 45.1 Å². The molecule has 3 heterocycles. The van der Waals surface area contributed by atoms with Crippen LogP contribution in [0.3, 0.4) is 0 Å². The molecular formula is C22H25N3OS. The van der Waals surface area contributed by atoms with Crippen molar-refractivity contribution in [1.29, 1.82) is 0 Å². The van der Waals surface area contributed by atoms with Gasteiger partial charge in [0.1, 0.15) is 10.7 Å². The monoisotopic (exact) mass is 379 g/mol. The number of aryl methyl sites for hydroxylation is 3. The minimum Gasteiger partial charge on any atom is -0.306 e. The fourth-order valence-corrected chi connectivity index (χ4v) is 5.81. The molecule has 3 aromatic rings. The summed E-state index contributed by atoms with van der Waals surface area (Å²) >= 11 is 1.74. The zero-order chi connectivity index (χ0) is 18.5. The first-order valence-electron chi connectivity index (χ1n) is 9.94. The second-order valence-electron chi connectivity index (χ2n) is 8.05. The third-order valence-electron chi connectivity index (χ3n) is 6.13. The predicted octanol–water partition coefficient (Wildman–Crippen LogP) is 4.19. The Balaban J connectivity index is 1.75. The van der Waals surface area contributed by atoms with Crippen LogP contribution in [0, 0.1) is 6.92 Å². The largest absolute Gasteiger partial charge is 0.306 e. The van der Waals surface area contributed by atoms with Gasteiger partial charge in [-0.2, -0.15) is 0 Å². The normalized spacial score (nSPS) is 18.3. The van der Waals surface area contributed by atoms with E-state index in [-0.39, 0.29) is 11.6 Å². The highest BCUT2D eigenvalue weighted by molar-refractivity contribution is 7.18. The minimum absolute atomic E-state index is 0.185. The Hall–Kier alpha value is -1.98. The Labute approximate surface area is 163 Å². The Morgan fingerprint density at radius 3 is 2.59 bits per heavy atom. The van der Waals surface area contributed by atoms with Gasteiger partial charge in [-0.25, -0.2) is 4.98 Å². The van der Waals surface area contributed by atoms with E-state index in [2.05, 4.69) is 43.1 Å². The molecule has 2 aromatic heterocycles. The van der Waals surface area contributed by atoms with Crippen LogP contribution in [0.5, 0.6) is 0 Å². The molecule has 0 spiro atoms. The van der Waals surface area contributed by atoms with Crippen molar-refractivity contribution in [2.75, 3.05) is 20.1 Å². The summed E-state index contributed by atoms with van der Waals surface area (Å²) in [5, 5.41) is 0.905. The molecule has 1 aliphatic heterocycles. The van der Waals surface area contributed by atoms with Crippen molar-refractivity contribution in [3.63, 3.8) is 0 Å². The number of benzene rings is 1. The number of thiophene rings is 1. The maximum absolute atomic E-state index is 13.7. The van der Waals surface area contributed by atoms with Crippen LogP contribution in [0.15, 0.2) is 29.1 Å². The number of likely N-dealkylation sites (tertiary alicyclic amines) is 1. The summed E-state index contributed by atoms with van der Waals surface area (Å²) in [7, 11) is 2.16. The lowest BCUT2D eigenvalue weighted by atomic mass is 10.0. The summed E-state index contributed by atoms with van der Waals surface area (Å²) in [6, 6.07) is 8.67. The topological polar surface area (TPSA) is 38.1 Å². The van der Waals surface area contributed by atoms with Crippen molar-refractivity contribution in [3.8, 4) is 11.4 Å². The van der Waals surface area contributed by atoms with Crippen molar-refractivity contribution >= 4 is 21.6 Å². The molecule has 0 N–H and O–H groups in total. The molecule has 1 fully saturated rings. The van der Waals surface area contributed by atoms with E-state index in [9.17, 15) is 4.79 Å². The van der Waals surface area contributed by atoms with E-state index in [0.29, 0.717) is 0 Å². The van der Waals surface area contributed by atoms with Gasteiger partial charge in [0.15, 0.2) is 0 Å². The van der Waals surface area contributed by atoms with Crippen LogP contribution in [-0.4, -0.2) is 34.6 Å². The number of aromatic nitrogens is 2. The van der Waals surface area contributed by atoms with Crippen LogP contribution < -0.4 is 5.56 Å². The number of rotatable bonds is 2. The average molecular weight is 380 g/mol. The quantitative estimate of drug-likeness (QED) is 0.670. The molecule has 0 amide bonds. The second kappa shape index (κ2) is 6.57. The van der Waals surface area contributed by atoms with Crippen LogP contribution >= 0.6 is 11.3 Å². The molecule has 2 aliphatic rings. The van der Waals surface area contributed by atoms with Gasteiger partial charge in [0.2, 0.25) is 0 Å². The number of hydrogen-bond acceptors (Lipinski definition) is 4. The van der Waals surface area contributed by atoms with Gasteiger partial charge in [-0.3, -0.25) is 9.36 Å². The van der Waals surface area contributed by atoms with Crippen LogP contribution in [0.2, 0.25) is 0 Å². The minimum atomic E-state index is 0.185. The lowest BCUT2D eigenvalue weighted by molar-refractivity contribution is 0.219. The van der Waals surface area contributed by atoms with Crippen molar-refractivity contribution in [3.05, 3.63) is 50.6 Å². The highest BCUT2D eigenvalue weighted by Gasteiger charge is 2.27. The second-order valence-corrected chi connectivity index (χ2v) is 9.13. The van der Waals surface area contributed by atoms with Crippen LogP contribution in [-0.2, 0) is 12.8 Å². The number of fused-ring (bicyclic) bond motifs is 3. The van der Waals surface area contributed by atoms with Gasteiger partial charge < -0.3 is 4.90 Å². The van der Waals surface area contributed by atoms with Crippen molar-refractivity contribution in [1.82, 2.24) is 14.5 Å². The van der Waals surface area contributed by atoms with E-state index in [0.717, 1.165) is 60.4 Å². The Bertz CT molecular complexity index is 1060. The van der Waals surface area contributed by atoms with E-state index in [4.69, 9.17) is 4.98 Å². The van der Waals surface area contributed by atoms with E-state index in [1.54, 1.807) is 11.3 Å². The van der Waals surface area contributed by atoms with Crippen LogP contribution in [0.4, 0.5) is 0 Å². The smallest absolute Gasteiger partial charge is 0.263 e. The zero-order valence-electron chi connectivity index (χ0n) is 16.0.